The van der Waals surface area contributed by atoms with Gasteiger partial charge in [-0.15, -0.1) is 0 Å². The number of alkyl halides is 3. The van der Waals surface area contributed by atoms with Crippen LogP contribution in [0.5, 0.6) is 0 Å². The van der Waals surface area contributed by atoms with E-state index in [9.17, 15) is 22.4 Å². The van der Waals surface area contributed by atoms with Crippen LogP contribution >= 0.6 is 0 Å². The minimum Gasteiger partial charge on any atom is -0.469 e. The van der Waals surface area contributed by atoms with E-state index in [1.807, 2.05) is 0 Å². The van der Waals surface area contributed by atoms with Crippen molar-refractivity contribution in [2.24, 2.45) is 5.92 Å². The molecule has 0 bridgehead atoms. The molecule has 0 aliphatic heterocycles. The topological polar surface area (TPSA) is 38.3 Å². The number of carbonyl (C=O) groups is 1. The standard InChI is InChI=1S/C12H13F4NO2/c1-7(11(18)19-2)6-17-8-3-4-10(13)9(5-8)12(14,15)16/h3-5,7,17H,6H2,1-2H3. The zero-order valence-electron chi connectivity index (χ0n) is 10.3. The minimum atomic E-state index is -4.75. The second-order valence-electron chi connectivity index (χ2n) is 4.00. The maximum atomic E-state index is 13.0. The van der Waals surface area contributed by atoms with Crippen molar-refractivity contribution in [2.75, 3.05) is 19.0 Å². The van der Waals surface area contributed by atoms with Gasteiger partial charge in [-0.25, -0.2) is 4.39 Å². The number of methoxy groups -OCH3 is 1. The fraction of sp³-hybridized carbons (Fsp3) is 0.417. The molecular formula is C12H13F4NO2. The number of hydrogen-bond donors (Lipinski definition) is 1. The molecule has 0 saturated carbocycles. The average molecular weight is 279 g/mol. The summed E-state index contributed by atoms with van der Waals surface area (Å²) in [5.41, 5.74) is -1.26. The van der Waals surface area contributed by atoms with Crippen LogP contribution in [0.1, 0.15) is 12.5 Å². The molecule has 106 valence electrons. The molecule has 3 nitrogen and oxygen atoms in total. The molecule has 1 N–H and O–H groups in total. The third kappa shape index (κ3) is 4.11. The summed E-state index contributed by atoms with van der Waals surface area (Å²) in [5, 5.41) is 2.63. The van der Waals surface area contributed by atoms with E-state index in [1.165, 1.54) is 13.2 Å². The van der Waals surface area contributed by atoms with Crippen LogP contribution in [0.15, 0.2) is 18.2 Å². The maximum absolute atomic E-state index is 13.0. The van der Waals surface area contributed by atoms with E-state index < -0.39 is 29.4 Å². The maximum Gasteiger partial charge on any atom is 0.419 e. The molecule has 0 aromatic heterocycles. The Labute approximate surface area is 107 Å². The van der Waals surface area contributed by atoms with Crippen molar-refractivity contribution in [3.63, 3.8) is 0 Å². The van der Waals surface area contributed by atoms with Gasteiger partial charge in [-0.05, 0) is 18.2 Å². The van der Waals surface area contributed by atoms with E-state index in [0.717, 1.165) is 6.07 Å². The zero-order chi connectivity index (χ0) is 14.6. The molecule has 0 spiro atoms. The van der Waals surface area contributed by atoms with Crippen molar-refractivity contribution in [2.45, 2.75) is 13.1 Å². The van der Waals surface area contributed by atoms with E-state index >= 15 is 0 Å². The van der Waals surface area contributed by atoms with E-state index in [1.54, 1.807) is 6.92 Å². The van der Waals surface area contributed by atoms with Gasteiger partial charge in [0.05, 0.1) is 18.6 Å². The van der Waals surface area contributed by atoms with Crippen molar-refractivity contribution >= 4 is 11.7 Å². The SMILES string of the molecule is COC(=O)C(C)CNc1ccc(F)c(C(F)(F)F)c1. The van der Waals surface area contributed by atoms with E-state index in [2.05, 4.69) is 10.1 Å². The van der Waals surface area contributed by atoms with Crippen molar-refractivity contribution < 1.29 is 27.1 Å². The lowest BCUT2D eigenvalue weighted by Crippen LogP contribution is -2.21. The normalized spacial score (nSPS) is 12.9. The molecule has 0 fully saturated rings. The summed E-state index contributed by atoms with van der Waals surface area (Å²) in [6.07, 6.45) is -4.75. The minimum absolute atomic E-state index is 0.0875. The molecule has 7 heteroatoms. The molecule has 1 rings (SSSR count). The average Bonchev–Trinajstić information content (AvgIpc) is 2.35. The summed E-state index contributed by atoms with van der Waals surface area (Å²) in [5.74, 6) is -2.34. The Morgan fingerprint density at radius 3 is 2.58 bits per heavy atom. The molecule has 1 aromatic rings. The fourth-order valence-corrected chi connectivity index (χ4v) is 1.41. The number of hydrogen-bond acceptors (Lipinski definition) is 3. The van der Waals surface area contributed by atoms with Gasteiger partial charge in [-0.3, -0.25) is 4.79 Å². The largest absolute Gasteiger partial charge is 0.469 e. The lowest BCUT2D eigenvalue weighted by Gasteiger charge is -2.14. The highest BCUT2D eigenvalue weighted by Crippen LogP contribution is 2.32. The van der Waals surface area contributed by atoms with E-state index in [4.69, 9.17) is 0 Å². The van der Waals surface area contributed by atoms with Crippen LogP contribution in [0.3, 0.4) is 0 Å². The molecule has 0 saturated heterocycles. The third-order valence-electron chi connectivity index (χ3n) is 2.49. The molecule has 0 amide bonds. The summed E-state index contributed by atoms with van der Waals surface area (Å²) in [6.45, 7) is 1.66. The monoisotopic (exact) mass is 279 g/mol. The highest BCUT2D eigenvalue weighted by molar-refractivity contribution is 5.72. The molecule has 1 aromatic carbocycles. The number of rotatable bonds is 4. The van der Waals surface area contributed by atoms with Crippen molar-refractivity contribution in [3.8, 4) is 0 Å². The number of carbonyl (C=O) groups excluding carboxylic acids is 1. The van der Waals surface area contributed by atoms with Gasteiger partial charge >= 0.3 is 12.1 Å². The Morgan fingerprint density at radius 1 is 1.42 bits per heavy atom. The smallest absolute Gasteiger partial charge is 0.419 e. The Kier molecular flexibility index (Phi) is 4.74. The summed E-state index contributed by atoms with van der Waals surface area (Å²) >= 11 is 0. The molecule has 0 heterocycles. The van der Waals surface area contributed by atoms with Gasteiger partial charge in [0.1, 0.15) is 5.82 Å². The number of anilines is 1. The first kappa shape index (κ1) is 15.3. The van der Waals surface area contributed by atoms with Crippen molar-refractivity contribution in [1.29, 1.82) is 0 Å². The summed E-state index contributed by atoms with van der Waals surface area (Å²) in [7, 11) is 1.22. The first-order valence-corrected chi connectivity index (χ1v) is 5.44. The number of halogens is 4. The first-order chi connectivity index (χ1) is 8.75. The number of nitrogens with one attached hydrogen (secondary N) is 1. The van der Waals surface area contributed by atoms with Crippen LogP contribution in [0, 0.1) is 11.7 Å². The first-order valence-electron chi connectivity index (χ1n) is 5.44. The molecule has 0 aliphatic rings. The Hall–Kier alpha value is -1.79. The highest BCUT2D eigenvalue weighted by atomic mass is 19.4. The van der Waals surface area contributed by atoms with Crippen LogP contribution in [0.4, 0.5) is 23.2 Å². The molecule has 19 heavy (non-hydrogen) atoms. The molecule has 1 unspecified atom stereocenters. The second kappa shape index (κ2) is 5.90. The predicted molar refractivity (Wildman–Crippen MR) is 61.1 cm³/mol. The van der Waals surface area contributed by atoms with Crippen LogP contribution in [0.2, 0.25) is 0 Å². The van der Waals surface area contributed by atoms with E-state index in [-0.39, 0.29) is 12.2 Å². The van der Waals surface area contributed by atoms with Gasteiger partial charge in [0.15, 0.2) is 0 Å². The van der Waals surface area contributed by atoms with Gasteiger partial charge in [-0.2, -0.15) is 13.2 Å². The molecule has 0 radical (unpaired) electrons. The van der Waals surface area contributed by atoms with Gasteiger partial charge < -0.3 is 10.1 Å². The van der Waals surface area contributed by atoms with Crippen molar-refractivity contribution in [3.05, 3.63) is 29.6 Å². The van der Waals surface area contributed by atoms with E-state index in [0.29, 0.717) is 6.07 Å². The van der Waals surface area contributed by atoms with Crippen LogP contribution in [-0.4, -0.2) is 19.6 Å². The summed E-state index contributed by atoms with van der Waals surface area (Å²) < 4.78 is 54.9. The Morgan fingerprint density at radius 2 is 2.05 bits per heavy atom. The quantitative estimate of drug-likeness (QED) is 0.680. The van der Waals surface area contributed by atoms with Crippen LogP contribution in [0.25, 0.3) is 0 Å². The fourth-order valence-electron chi connectivity index (χ4n) is 1.41. The number of benzene rings is 1. The third-order valence-corrected chi connectivity index (χ3v) is 2.49. The van der Waals surface area contributed by atoms with Gasteiger partial charge in [0.25, 0.3) is 0 Å². The van der Waals surface area contributed by atoms with Crippen LogP contribution in [-0.2, 0) is 15.7 Å². The second-order valence-corrected chi connectivity index (χ2v) is 4.00. The van der Waals surface area contributed by atoms with Crippen LogP contribution < -0.4 is 5.32 Å². The van der Waals surface area contributed by atoms with Gasteiger partial charge in [0, 0.05) is 12.2 Å². The van der Waals surface area contributed by atoms with Gasteiger partial charge in [0.2, 0.25) is 0 Å². The summed E-state index contributed by atoms with van der Waals surface area (Å²) in [4.78, 5) is 11.1. The Bertz CT molecular complexity index is 460. The highest BCUT2D eigenvalue weighted by Gasteiger charge is 2.34. The van der Waals surface area contributed by atoms with Gasteiger partial charge in [-0.1, -0.05) is 6.92 Å². The lowest BCUT2D eigenvalue weighted by molar-refractivity contribution is -0.144. The Balaban J connectivity index is 2.78. The molecule has 0 aliphatic carbocycles. The molecule has 1 atom stereocenters. The lowest BCUT2D eigenvalue weighted by atomic mass is 10.1. The summed E-state index contributed by atoms with van der Waals surface area (Å²) in [6, 6.07) is 2.57. The zero-order valence-corrected chi connectivity index (χ0v) is 10.3. The number of esters is 1. The molecular weight excluding hydrogens is 266 g/mol. The van der Waals surface area contributed by atoms with Crippen molar-refractivity contribution in [1.82, 2.24) is 0 Å². The number of ether oxygens (including phenoxy) is 1. The predicted octanol–water partition coefficient (Wildman–Crippen LogP) is 3.07.